The van der Waals surface area contributed by atoms with Crippen LogP contribution in [0.25, 0.3) is 0 Å². The van der Waals surface area contributed by atoms with Gasteiger partial charge in [0.15, 0.2) is 0 Å². The number of hydrogen-bond acceptors (Lipinski definition) is 2. The molecule has 0 amide bonds. The van der Waals surface area contributed by atoms with Gasteiger partial charge in [0.1, 0.15) is 0 Å². The summed E-state index contributed by atoms with van der Waals surface area (Å²) in [5.41, 5.74) is 0.517. The van der Waals surface area contributed by atoms with Crippen molar-refractivity contribution in [3.63, 3.8) is 0 Å². The second-order valence-corrected chi connectivity index (χ2v) is 12.4. The minimum Gasteiger partial charge on any atom is -0.499 e. The fourth-order valence-corrected chi connectivity index (χ4v) is 7.64. The molecular weight excluding hydrogens is 483 g/mol. The van der Waals surface area contributed by atoms with Gasteiger partial charge in [-0.2, -0.15) is 13.2 Å². The highest BCUT2D eigenvalue weighted by Crippen LogP contribution is 2.43. The zero-order chi connectivity index (χ0) is 27.0. The molecule has 0 spiro atoms. The van der Waals surface area contributed by atoms with Crippen LogP contribution in [0.15, 0.2) is 36.6 Å². The van der Waals surface area contributed by atoms with Gasteiger partial charge in [-0.3, -0.25) is 4.90 Å². The van der Waals surface area contributed by atoms with E-state index in [-0.39, 0.29) is 5.92 Å². The van der Waals surface area contributed by atoms with Crippen molar-refractivity contribution in [2.24, 2.45) is 17.8 Å². The van der Waals surface area contributed by atoms with Crippen LogP contribution in [0.3, 0.4) is 0 Å². The summed E-state index contributed by atoms with van der Waals surface area (Å²) in [6.07, 6.45) is 14.7. The minimum atomic E-state index is -4.30. The summed E-state index contributed by atoms with van der Waals surface area (Å²) in [4.78, 5) is 2.78. The van der Waals surface area contributed by atoms with Crippen molar-refractivity contribution in [1.29, 1.82) is 0 Å². The lowest BCUT2D eigenvalue weighted by atomic mass is 9.72. The van der Waals surface area contributed by atoms with Gasteiger partial charge in [-0.1, -0.05) is 76.5 Å². The first kappa shape index (κ1) is 29.5. The van der Waals surface area contributed by atoms with Gasteiger partial charge in [-0.05, 0) is 93.5 Å². The molecule has 0 radical (unpaired) electrons. The Kier molecular flexibility index (Phi) is 11.0. The second-order valence-electron chi connectivity index (χ2n) is 12.4. The Morgan fingerprint density at radius 3 is 1.97 bits per heavy atom. The molecule has 3 aliphatic carbocycles. The van der Waals surface area contributed by atoms with Crippen molar-refractivity contribution in [1.82, 2.24) is 4.90 Å². The standard InChI is InChI=1S/C33H50F3NO/c1-3-38-25(2)23-28-13-18-32(31(24-28)29-14-16-30(17-15-29)33(34,35)36)37(22-20-27-11-7-8-12-27)21-19-26-9-5-4-6-10-26/h14-17,26-28,31-32H,2-13,18-24H2,1H3/t28-,31-,32+/m0/s1. The van der Waals surface area contributed by atoms with E-state index in [9.17, 15) is 13.2 Å². The molecule has 0 heterocycles. The smallest absolute Gasteiger partial charge is 0.416 e. The van der Waals surface area contributed by atoms with E-state index in [2.05, 4.69) is 11.5 Å². The molecular formula is C33H50F3NO. The molecule has 3 aliphatic rings. The molecule has 214 valence electrons. The zero-order valence-electron chi connectivity index (χ0n) is 23.6. The van der Waals surface area contributed by atoms with Crippen LogP contribution < -0.4 is 0 Å². The van der Waals surface area contributed by atoms with E-state index in [0.29, 0.717) is 18.6 Å². The van der Waals surface area contributed by atoms with Crippen molar-refractivity contribution >= 4 is 0 Å². The SMILES string of the molecule is C=C(C[C@@H]1CC[C@@H](N(CCC2CCCCC2)CCC2CCCC2)[C@H](c2ccc(C(F)(F)F)cc2)C1)OCC. The molecule has 0 aliphatic heterocycles. The molecule has 0 N–H and O–H groups in total. The Bertz CT molecular complexity index is 839. The van der Waals surface area contributed by atoms with Gasteiger partial charge in [0.05, 0.1) is 17.9 Å². The highest BCUT2D eigenvalue weighted by molar-refractivity contribution is 5.29. The third-order valence-corrected chi connectivity index (χ3v) is 9.77. The van der Waals surface area contributed by atoms with E-state index in [1.165, 1.54) is 82.8 Å². The van der Waals surface area contributed by atoms with E-state index >= 15 is 0 Å². The Hall–Kier alpha value is -1.49. The fourth-order valence-electron chi connectivity index (χ4n) is 7.64. The molecule has 4 rings (SSSR count). The highest BCUT2D eigenvalue weighted by Gasteiger charge is 2.37. The predicted octanol–water partition coefficient (Wildman–Crippen LogP) is 9.75. The number of hydrogen-bond donors (Lipinski definition) is 0. The van der Waals surface area contributed by atoms with Crippen molar-refractivity contribution < 1.29 is 17.9 Å². The molecule has 3 atom stereocenters. The number of halogens is 3. The third kappa shape index (κ3) is 8.50. The lowest BCUT2D eigenvalue weighted by Crippen LogP contribution is -2.45. The summed E-state index contributed by atoms with van der Waals surface area (Å²) in [6.45, 7) is 9.01. The van der Waals surface area contributed by atoms with Gasteiger partial charge >= 0.3 is 6.18 Å². The molecule has 3 saturated carbocycles. The summed E-state index contributed by atoms with van der Waals surface area (Å²) in [6, 6.07) is 6.50. The number of nitrogens with zero attached hydrogens (tertiary/aromatic N) is 1. The first-order chi connectivity index (χ1) is 18.3. The Balaban J connectivity index is 1.53. The number of rotatable bonds is 12. The normalized spacial score (nSPS) is 25.7. The van der Waals surface area contributed by atoms with E-state index in [1.54, 1.807) is 12.1 Å². The number of ether oxygens (including phenoxy) is 1. The summed E-state index contributed by atoms with van der Waals surface area (Å²) in [5, 5.41) is 0. The number of benzene rings is 1. The van der Waals surface area contributed by atoms with Crippen LogP contribution in [0.2, 0.25) is 0 Å². The maximum atomic E-state index is 13.3. The monoisotopic (exact) mass is 533 g/mol. The predicted molar refractivity (Wildman–Crippen MR) is 150 cm³/mol. The second kappa shape index (κ2) is 14.2. The lowest BCUT2D eigenvalue weighted by Gasteiger charge is -2.44. The van der Waals surface area contributed by atoms with Crippen LogP contribution in [0, 0.1) is 17.8 Å². The van der Waals surface area contributed by atoms with Gasteiger partial charge < -0.3 is 4.74 Å². The average Bonchev–Trinajstić information content (AvgIpc) is 3.43. The Morgan fingerprint density at radius 1 is 0.842 bits per heavy atom. The summed E-state index contributed by atoms with van der Waals surface area (Å²) in [5.74, 6) is 3.25. The molecule has 5 heteroatoms. The molecule has 0 saturated heterocycles. The molecule has 0 bridgehead atoms. The summed E-state index contributed by atoms with van der Waals surface area (Å²) < 4.78 is 45.7. The molecule has 2 nitrogen and oxygen atoms in total. The molecule has 0 aromatic heterocycles. The van der Waals surface area contributed by atoms with Gasteiger partial charge in [0.2, 0.25) is 0 Å². The summed E-state index contributed by atoms with van der Waals surface area (Å²) >= 11 is 0. The van der Waals surface area contributed by atoms with Gasteiger partial charge in [0.25, 0.3) is 0 Å². The van der Waals surface area contributed by atoms with Gasteiger partial charge in [0, 0.05) is 12.5 Å². The lowest BCUT2D eigenvalue weighted by molar-refractivity contribution is -0.137. The highest BCUT2D eigenvalue weighted by atomic mass is 19.4. The first-order valence-electron chi connectivity index (χ1n) is 15.5. The van der Waals surface area contributed by atoms with Crippen LogP contribution in [-0.2, 0) is 10.9 Å². The zero-order valence-corrected chi connectivity index (χ0v) is 23.6. The molecule has 38 heavy (non-hydrogen) atoms. The van der Waals surface area contributed by atoms with E-state index < -0.39 is 11.7 Å². The average molecular weight is 534 g/mol. The molecule has 1 aromatic carbocycles. The van der Waals surface area contributed by atoms with Crippen molar-refractivity contribution in [2.75, 3.05) is 19.7 Å². The molecule has 0 unspecified atom stereocenters. The third-order valence-electron chi connectivity index (χ3n) is 9.77. The molecule has 1 aromatic rings. The first-order valence-corrected chi connectivity index (χ1v) is 15.5. The maximum absolute atomic E-state index is 13.3. The van der Waals surface area contributed by atoms with Crippen molar-refractivity contribution in [3.05, 3.63) is 47.7 Å². The molecule has 3 fully saturated rings. The Labute approximate surface area is 229 Å². The van der Waals surface area contributed by atoms with E-state index in [1.807, 2.05) is 6.92 Å². The van der Waals surface area contributed by atoms with Crippen LogP contribution in [0.1, 0.15) is 120 Å². The fraction of sp³-hybridized carbons (Fsp3) is 0.758. The van der Waals surface area contributed by atoms with Crippen LogP contribution in [-0.4, -0.2) is 30.6 Å². The van der Waals surface area contributed by atoms with Crippen LogP contribution in [0.5, 0.6) is 0 Å². The minimum absolute atomic E-state index is 0.250. The Morgan fingerprint density at radius 2 is 1.42 bits per heavy atom. The van der Waals surface area contributed by atoms with Crippen molar-refractivity contribution in [2.45, 2.75) is 121 Å². The van der Waals surface area contributed by atoms with Crippen molar-refractivity contribution in [3.8, 4) is 0 Å². The van der Waals surface area contributed by atoms with Crippen LogP contribution >= 0.6 is 0 Å². The van der Waals surface area contributed by atoms with Crippen LogP contribution in [0.4, 0.5) is 13.2 Å². The topological polar surface area (TPSA) is 12.5 Å². The van der Waals surface area contributed by atoms with E-state index in [0.717, 1.165) is 61.9 Å². The quantitative estimate of drug-likeness (QED) is 0.248. The maximum Gasteiger partial charge on any atom is 0.416 e. The summed E-state index contributed by atoms with van der Waals surface area (Å²) in [7, 11) is 0. The van der Waals surface area contributed by atoms with Gasteiger partial charge in [-0.25, -0.2) is 0 Å². The number of alkyl halides is 3. The van der Waals surface area contributed by atoms with Gasteiger partial charge in [-0.15, -0.1) is 0 Å². The number of allylic oxidation sites excluding steroid dienone is 1. The largest absolute Gasteiger partial charge is 0.499 e. The van der Waals surface area contributed by atoms with E-state index in [4.69, 9.17) is 4.74 Å².